The average molecular weight is 477 g/mol. The van der Waals surface area contributed by atoms with Gasteiger partial charge in [0.1, 0.15) is 0 Å². The Morgan fingerprint density at radius 1 is 1.12 bits per heavy atom. The van der Waals surface area contributed by atoms with E-state index >= 15 is 0 Å². The Labute approximate surface area is 193 Å². The van der Waals surface area contributed by atoms with E-state index in [0.29, 0.717) is 17.5 Å². The van der Waals surface area contributed by atoms with Gasteiger partial charge in [-0.2, -0.15) is 13.2 Å². The van der Waals surface area contributed by atoms with Gasteiger partial charge in [0.05, 0.1) is 30.3 Å². The summed E-state index contributed by atoms with van der Waals surface area (Å²) in [4.78, 5) is 12.6. The lowest BCUT2D eigenvalue weighted by atomic mass is 10.1. The maximum atomic E-state index is 13.3. The van der Waals surface area contributed by atoms with Gasteiger partial charge in [-0.25, -0.2) is 0 Å². The molecule has 1 saturated heterocycles. The lowest BCUT2D eigenvalue weighted by Crippen LogP contribution is -2.27. The molecule has 2 heterocycles. The van der Waals surface area contributed by atoms with E-state index in [9.17, 15) is 18.0 Å². The molecule has 2 aromatic carbocycles. The van der Waals surface area contributed by atoms with E-state index < -0.39 is 23.2 Å². The normalized spacial score (nSPS) is 16.2. The van der Waals surface area contributed by atoms with Crippen molar-refractivity contribution in [3.63, 3.8) is 0 Å². The number of aromatic nitrogens is 3. The van der Waals surface area contributed by atoms with Gasteiger partial charge in [-0.15, -0.1) is 10.2 Å². The van der Waals surface area contributed by atoms with Crippen molar-refractivity contribution < 1.29 is 22.7 Å². The number of carbonyl (C=O) groups excluding carboxylic acids is 1. The van der Waals surface area contributed by atoms with Crippen LogP contribution in [0.1, 0.15) is 40.2 Å². The van der Waals surface area contributed by atoms with Crippen LogP contribution < -0.4 is 5.32 Å². The van der Waals surface area contributed by atoms with Crippen molar-refractivity contribution in [2.24, 2.45) is 0 Å². The number of ether oxygens (including phenoxy) is 1. The van der Waals surface area contributed by atoms with Gasteiger partial charge in [-0.1, -0.05) is 54.2 Å². The highest BCUT2D eigenvalue weighted by atomic mass is 32.2. The third kappa shape index (κ3) is 5.94. The first-order valence-corrected chi connectivity index (χ1v) is 11.5. The van der Waals surface area contributed by atoms with Gasteiger partial charge in [0.15, 0.2) is 11.0 Å². The summed E-state index contributed by atoms with van der Waals surface area (Å²) >= 11 is 1.52. The van der Waals surface area contributed by atoms with Crippen molar-refractivity contribution in [3.8, 4) is 0 Å². The molecule has 1 amide bonds. The molecule has 33 heavy (non-hydrogen) atoms. The van der Waals surface area contributed by atoms with E-state index in [4.69, 9.17) is 4.74 Å². The minimum atomic E-state index is -4.62. The number of alkyl halides is 3. The maximum Gasteiger partial charge on any atom is 0.417 e. The summed E-state index contributed by atoms with van der Waals surface area (Å²) in [6, 6.07) is 14.4. The smallest absolute Gasteiger partial charge is 0.377 e. The molecule has 1 fully saturated rings. The second-order valence-electron chi connectivity index (χ2n) is 7.64. The number of halogens is 3. The fourth-order valence-electron chi connectivity index (χ4n) is 3.61. The molecule has 0 radical (unpaired) electrons. The molecule has 0 saturated carbocycles. The van der Waals surface area contributed by atoms with E-state index in [1.165, 1.54) is 23.9 Å². The van der Waals surface area contributed by atoms with Crippen LogP contribution in [-0.2, 0) is 24.0 Å². The van der Waals surface area contributed by atoms with Gasteiger partial charge in [-0.05, 0) is 30.5 Å². The molecule has 1 N–H and O–H groups in total. The average Bonchev–Trinajstić information content (AvgIpc) is 3.46. The number of hydrogen-bond donors (Lipinski definition) is 1. The third-order valence-electron chi connectivity index (χ3n) is 5.28. The van der Waals surface area contributed by atoms with Gasteiger partial charge >= 0.3 is 6.18 Å². The van der Waals surface area contributed by atoms with Crippen LogP contribution in [-0.4, -0.2) is 39.1 Å². The van der Waals surface area contributed by atoms with Crippen LogP contribution in [0.15, 0.2) is 59.8 Å². The Morgan fingerprint density at radius 2 is 1.88 bits per heavy atom. The number of nitrogens with one attached hydrogen (secondary N) is 1. The number of thioether (sulfide) groups is 1. The maximum absolute atomic E-state index is 13.3. The zero-order valence-electron chi connectivity index (χ0n) is 17.7. The molecule has 1 aromatic heterocycles. The van der Waals surface area contributed by atoms with Crippen LogP contribution in [0.2, 0.25) is 0 Å². The lowest BCUT2D eigenvalue weighted by Gasteiger charge is -2.14. The first-order valence-electron chi connectivity index (χ1n) is 10.6. The molecule has 0 bridgehead atoms. The molecule has 4 rings (SSSR count). The highest BCUT2D eigenvalue weighted by molar-refractivity contribution is 7.99. The summed E-state index contributed by atoms with van der Waals surface area (Å²) < 4.78 is 47.4. The van der Waals surface area contributed by atoms with Gasteiger partial charge in [-0.3, -0.25) is 4.79 Å². The topological polar surface area (TPSA) is 69.0 Å². The summed E-state index contributed by atoms with van der Waals surface area (Å²) in [5.41, 5.74) is -0.376. The Morgan fingerprint density at radius 3 is 2.61 bits per heavy atom. The van der Waals surface area contributed by atoms with Crippen molar-refractivity contribution in [3.05, 3.63) is 77.1 Å². The molecule has 1 aliphatic heterocycles. The molecule has 1 atom stereocenters. The van der Waals surface area contributed by atoms with Gasteiger partial charge in [0.25, 0.3) is 5.91 Å². The van der Waals surface area contributed by atoms with Crippen LogP contribution in [0, 0.1) is 0 Å². The lowest BCUT2D eigenvalue weighted by molar-refractivity contribution is -0.137. The van der Waals surface area contributed by atoms with Gasteiger partial charge in [0.2, 0.25) is 0 Å². The van der Waals surface area contributed by atoms with Crippen LogP contribution in [0.25, 0.3) is 0 Å². The Hall–Kier alpha value is -2.85. The van der Waals surface area contributed by atoms with Crippen molar-refractivity contribution in [1.82, 2.24) is 20.1 Å². The molecule has 0 unspecified atom stereocenters. The third-order valence-corrected chi connectivity index (χ3v) is 6.38. The largest absolute Gasteiger partial charge is 0.417 e. The first kappa shape index (κ1) is 23.3. The molecule has 10 heteroatoms. The van der Waals surface area contributed by atoms with Crippen LogP contribution >= 0.6 is 11.8 Å². The summed E-state index contributed by atoms with van der Waals surface area (Å²) in [5, 5.41) is 11.7. The predicted octanol–water partition coefficient (Wildman–Crippen LogP) is 4.55. The minimum Gasteiger partial charge on any atom is -0.377 e. The van der Waals surface area contributed by atoms with Crippen molar-refractivity contribution in [1.29, 1.82) is 0 Å². The zero-order chi connectivity index (χ0) is 23.3. The molecule has 0 spiro atoms. The summed E-state index contributed by atoms with van der Waals surface area (Å²) in [6.07, 6.45) is -2.41. The van der Waals surface area contributed by atoms with E-state index in [-0.39, 0.29) is 12.6 Å². The molecule has 174 valence electrons. The Balaban J connectivity index is 1.51. The molecule has 1 aliphatic rings. The van der Waals surface area contributed by atoms with Crippen LogP contribution in [0.3, 0.4) is 0 Å². The fraction of sp³-hybridized carbons (Fsp3) is 0.348. The molecular weight excluding hydrogens is 453 g/mol. The van der Waals surface area contributed by atoms with Crippen molar-refractivity contribution in [2.45, 2.75) is 43.4 Å². The fourth-order valence-corrected chi connectivity index (χ4v) is 4.63. The number of nitrogens with zero attached hydrogens (tertiary/aromatic N) is 3. The summed E-state index contributed by atoms with van der Waals surface area (Å²) in [5.74, 6) is 0.385. The van der Waals surface area contributed by atoms with E-state index in [2.05, 4.69) is 15.5 Å². The highest BCUT2D eigenvalue weighted by Crippen LogP contribution is 2.32. The molecule has 6 nitrogen and oxygen atoms in total. The molecule has 3 aromatic rings. The quantitative estimate of drug-likeness (QED) is 0.484. The van der Waals surface area contributed by atoms with Crippen molar-refractivity contribution >= 4 is 17.7 Å². The molecule has 0 aliphatic carbocycles. The van der Waals surface area contributed by atoms with Crippen molar-refractivity contribution in [2.75, 3.05) is 12.4 Å². The second-order valence-corrected chi connectivity index (χ2v) is 8.63. The minimum absolute atomic E-state index is 0.0503. The van der Waals surface area contributed by atoms with E-state index in [1.807, 2.05) is 34.9 Å². The van der Waals surface area contributed by atoms with Gasteiger partial charge in [0, 0.05) is 12.4 Å². The Kier molecular flexibility index (Phi) is 7.34. The van der Waals surface area contributed by atoms with E-state index in [0.717, 1.165) is 42.9 Å². The number of carbonyl (C=O) groups is 1. The zero-order valence-corrected chi connectivity index (χ0v) is 18.5. The van der Waals surface area contributed by atoms with Crippen LogP contribution in [0.4, 0.5) is 13.2 Å². The van der Waals surface area contributed by atoms with Crippen LogP contribution in [0.5, 0.6) is 0 Å². The monoisotopic (exact) mass is 476 g/mol. The Bertz CT molecular complexity index is 1080. The number of hydrogen-bond acceptors (Lipinski definition) is 5. The molecular formula is C23H23F3N4O2S. The summed E-state index contributed by atoms with van der Waals surface area (Å²) in [7, 11) is 0. The number of benzene rings is 2. The van der Waals surface area contributed by atoms with Gasteiger partial charge < -0.3 is 14.6 Å². The first-order chi connectivity index (χ1) is 15.9. The van der Waals surface area contributed by atoms with E-state index in [1.54, 1.807) is 0 Å². The highest BCUT2D eigenvalue weighted by Gasteiger charge is 2.34. The number of rotatable bonds is 8. The SMILES string of the molecule is O=C(NCc1nnc(SC[C@@H]2CCCO2)n1Cc1ccccc1)c1ccccc1C(F)(F)F. The predicted molar refractivity (Wildman–Crippen MR) is 118 cm³/mol. The number of amides is 1. The second kappa shape index (κ2) is 10.4. The standard InChI is InChI=1S/C23H23F3N4O2S/c24-23(25,26)19-11-5-4-10-18(19)21(31)27-13-20-28-29-22(33-15-17-9-6-12-32-17)30(20)14-16-7-2-1-3-8-16/h1-5,7-8,10-11,17H,6,9,12-15H2,(H,27,31)/t17-/m0/s1. The summed E-state index contributed by atoms with van der Waals surface area (Å²) in [6.45, 7) is 1.19.